The van der Waals surface area contributed by atoms with Gasteiger partial charge >= 0.3 is 0 Å². The molecule has 1 unspecified atom stereocenters. The van der Waals surface area contributed by atoms with Crippen molar-refractivity contribution in [2.24, 2.45) is 0 Å². The maximum Gasteiger partial charge on any atom is 0.220 e. The van der Waals surface area contributed by atoms with E-state index in [1.807, 2.05) is 59.2 Å². The van der Waals surface area contributed by atoms with Crippen molar-refractivity contribution in [1.82, 2.24) is 14.9 Å². The fourth-order valence-corrected chi connectivity index (χ4v) is 3.58. The predicted octanol–water partition coefficient (Wildman–Crippen LogP) is 5.11. The van der Waals surface area contributed by atoms with Crippen molar-refractivity contribution >= 4 is 16.9 Å². The molecule has 4 nitrogen and oxygen atoms in total. The normalized spacial score (nSPS) is 12.1. The molecule has 152 valence electrons. The number of amides is 1. The highest BCUT2D eigenvalue weighted by atomic mass is 19.1. The highest BCUT2D eigenvalue weighted by Crippen LogP contribution is 2.23. The summed E-state index contributed by atoms with van der Waals surface area (Å²) in [5, 5.41) is 2.78. The van der Waals surface area contributed by atoms with E-state index in [0.29, 0.717) is 6.42 Å². The number of rotatable bonds is 6. The average molecular weight is 405 g/mol. The van der Waals surface area contributed by atoms with Crippen molar-refractivity contribution < 1.29 is 13.6 Å². The number of aromatic nitrogens is 2. The minimum Gasteiger partial charge on any atom is -0.349 e. The molecule has 0 bridgehead atoms. The Morgan fingerprint density at radius 2 is 1.77 bits per heavy atom. The Labute approximate surface area is 173 Å². The summed E-state index contributed by atoms with van der Waals surface area (Å²) in [6, 6.07) is 20.5. The van der Waals surface area contributed by atoms with Crippen LogP contribution in [0.3, 0.4) is 0 Å². The lowest BCUT2D eigenvalue weighted by Gasteiger charge is -2.15. The Kier molecular flexibility index (Phi) is 5.57. The smallest absolute Gasteiger partial charge is 0.220 e. The number of fused-ring (bicyclic) bond motifs is 1. The molecule has 1 N–H and O–H groups in total. The number of benzene rings is 3. The van der Waals surface area contributed by atoms with E-state index in [1.54, 1.807) is 6.92 Å². The van der Waals surface area contributed by atoms with Crippen molar-refractivity contribution in [3.05, 3.63) is 95.8 Å². The first kappa shape index (κ1) is 19.8. The van der Waals surface area contributed by atoms with E-state index in [4.69, 9.17) is 4.98 Å². The molecule has 0 aliphatic heterocycles. The number of carbonyl (C=O) groups is 1. The van der Waals surface area contributed by atoms with Gasteiger partial charge in [0, 0.05) is 30.2 Å². The third-order valence-electron chi connectivity index (χ3n) is 5.03. The summed E-state index contributed by atoms with van der Waals surface area (Å²) in [4.78, 5) is 17.2. The van der Waals surface area contributed by atoms with Gasteiger partial charge in [-0.15, -0.1) is 0 Å². The van der Waals surface area contributed by atoms with Crippen LogP contribution in [0, 0.1) is 11.6 Å². The first-order valence-corrected chi connectivity index (χ1v) is 9.79. The lowest BCUT2D eigenvalue weighted by molar-refractivity contribution is -0.121. The minimum absolute atomic E-state index is 0.198. The molecule has 1 amide bonds. The molecule has 1 heterocycles. The third-order valence-corrected chi connectivity index (χ3v) is 5.03. The lowest BCUT2D eigenvalue weighted by atomic mass is 10.1. The van der Waals surface area contributed by atoms with Gasteiger partial charge in [-0.1, -0.05) is 36.4 Å². The number of imidazole rings is 1. The van der Waals surface area contributed by atoms with Crippen molar-refractivity contribution in [2.45, 2.75) is 25.8 Å². The second-order valence-electron chi connectivity index (χ2n) is 7.14. The summed E-state index contributed by atoms with van der Waals surface area (Å²) in [6.07, 6.45) is 0.622. The van der Waals surface area contributed by atoms with Gasteiger partial charge in [-0.25, -0.2) is 13.8 Å². The highest BCUT2D eigenvalue weighted by molar-refractivity contribution is 5.79. The highest BCUT2D eigenvalue weighted by Gasteiger charge is 2.17. The molecule has 0 aliphatic carbocycles. The van der Waals surface area contributed by atoms with Crippen LogP contribution in [0.15, 0.2) is 72.8 Å². The number of halogens is 2. The summed E-state index contributed by atoms with van der Waals surface area (Å²) in [5.41, 5.74) is 3.06. The zero-order valence-corrected chi connectivity index (χ0v) is 16.5. The van der Waals surface area contributed by atoms with Crippen molar-refractivity contribution in [2.75, 3.05) is 0 Å². The molecule has 0 radical (unpaired) electrons. The van der Waals surface area contributed by atoms with Gasteiger partial charge in [0.25, 0.3) is 0 Å². The second kappa shape index (κ2) is 8.45. The van der Waals surface area contributed by atoms with Crippen LogP contribution < -0.4 is 5.32 Å². The number of aryl methyl sites for hydroxylation is 1. The molecule has 4 rings (SSSR count). The Bertz CT molecular complexity index is 1190. The molecule has 0 saturated carbocycles. The molecule has 6 heteroatoms. The van der Waals surface area contributed by atoms with Gasteiger partial charge in [0.1, 0.15) is 17.5 Å². The fourth-order valence-electron chi connectivity index (χ4n) is 3.58. The van der Waals surface area contributed by atoms with Crippen molar-refractivity contribution in [1.29, 1.82) is 0 Å². The molecule has 30 heavy (non-hydrogen) atoms. The Balaban J connectivity index is 1.51. The third kappa shape index (κ3) is 4.08. The molecule has 0 aliphatic rings. The summed E-state index contributed by atoms with van der Waals surface area (Å²) < 4.78 is 29.1. The van der Waals surface area contributed by atoms with E-state index in [9.17, 15) is 13.6 Å². The summed E-state index contributed by atoms with van der Waals surface area (Å²) in [5.74, 6) is -0.765. The molecule has 0 spiro atoms. The van der Waals surface area contributed by atoms with Crippen LogP contribution in [-0.2, 0) is 11.2 Å². The van der Waals surface area contributed by atoms with Crippen LogP contribution in [0.2, 0.25) is 0 Å². The van der Waals surface area contributed by atoms with Gasteiger partial charge in [0.15, 0.2) is 0 Å². The zero-order chi connectivity index (χ0) is 21.1. The van der Waals surface area contributed by atoms with Crippen LogP contribution in [0.5, 0.6) is 0 Å². The summed E-state index contributed by atoms with van der Waals surface area (Å²) in [7, 11) is 0. The van der Waals surface area contributed by atoms with Gasteiger partial charge in [0.05, 0.1) is 17.1 Å². The Morgan fingerprint density at radius 3 is 2.53 bits per heavy atom. The number of carbonyl (C=O) groups excluding carboxylic acids is 1. The van der Waals surface area contributed by atoms with Crippen LogP contribution in [0.4, 0.5) is 8.78 Å². The number of hydrogen-bond acceptors (Lipinski definition) is 2. The Morgan fingerprint density at radius 1 is 1.03 bits per heavy atom. The molecular weight excluding hydrogens is 384 g/mol. The number of para-hydroxylation sites is 3. The lowest BCUT2D eigenvalue weighted by Crippen LogP contribution is -2.27. The standard InChI is InChI=1S/C24H21F2N3O/c1-16(19-12-11-17(25)15-20(19)26)27-24(30)14-13-23-28-21-9-5-6-10-22(21)29(23)18-7-3-2-4-8-18/h2-12,15-16H,13-14H2,1H3,(H,27,30). The number of nitrogens with one attached hydrogen (secondary N) is 1. The number of hydrogen-bond donors (Lipinski definition) is 1. The molecular formula is C24H21F2N3O. The average Bonchev–Trinajstić information content (AvgIpc) is 3.11. The maximum atomic E-state index is 14.0. The quantitative estimate of drug-likeness (QED) is 0.484. The van der Waals surface area contributed by atoms with Gasteiger partial charge in [0.2, 0.25) is 5.91 Å². The SMILES string of the molecule is CC(NC(=O)CCc1nc2ccccc2n1-c1ccccc1)c1ccc(F)cc1F. The Hall–Kier alpha value is -3.54. The van der Waals surface area contributed by atoms with Crippen molar-refractivity contribution in [3.63, 3.8) is 0 Å². The molecule has 4 aromatic rings. The van der Waals surface area contributed by atoms with Gasteiger partial charge in [-0.3, -0.25) is 9.36 Å². The van der Waals surface area contributed by atoms with E-state index < -0.39 is 17.7 Å². The zero-order valence-electron chi connectivity index (χ0n) is 16.5. The summed E-state index contributed by atoms with van der Waals surface area (Å²) >= 11 is 0. The van der Waals surface area contributed by atoms with Gasteiger partial charge in [-0.2, -0.15) is 0 Å². The van der Waals surface area contributed by atoms with E-state index in [2.05, 4.69) is 5.32 Å². The predicted molar refractivity (Wildman–Crippen MR) is 112 cm³/mol. The fraction of sp³-hybridized carbons (Fsp3) is 0.167. The summed E-state index contributed by atoms with van der Waals surface area (Å²) in [6.45, 7) is 1.67. The topological polar surface area (TPSA) is 46.9 Å². The van der Waals surface area contributed by atoms with Crippen LogP contribution in [-0.4, -0.2) is 15.5 Å². The van der Waals surface area contributed by atoms with E-state index in [-0.39, 0.29) is 17.9 Å². The molecule has 0 fully saturated rings. The van der Waals surface area contributed by atoms with Crippen LogP contribution in [0.1, 0.15) is 30.8 Å². The molecule has 3 aromatic carbocycles. The van der Waals surface area contributed by atoms with Crippen LogP contribution in [0.25, 0.3) is 16.7 Å². The van der Waals surface area contributed by atoms with Gasteiger partial charge in [-0.05, 0) is 37.3 Å². The van der Waals surface area contributed by atoms with E-state index in [0.717, 1.165) is 28.6 Å². The molecule has 1 aromatic heterocycles. The second-order valence-corrected chi connectivity index (χ2v) is 7.14. The largest absolute Gasteiger partial charge is 0.349 e. The van der Waals surface area contributed by atoms with E-state index >= 15 is 0 Å². The first-order chi connectivity index (χ1) is 14.5. The molecule has 0 saturated heterocycles. The van der Waals surface area contributed by atoms with Crippen molar-refractivity contribution in [3.8, 4) is 5.69 Å². The number of nitrogens with zero attached hydrogens (tertiary/aromatic N) is 2. The minimum atomic E-state index is -0.673. The first-order valence-electron chi connectivity index (χ1n) is 9.79. The maximum absolute atomic E-state index is 14.0. The molecule has 1 atom stereocenters. The van der Waals surface area contributed by atoms with E-state index in [1.165, 1.54) is 12.1 Å². The monoisotopic (exact) mass is 405 g/mol. The van der Waals surface area contributed by atoms with Gasteiger partial charge < -0.3 is 5.32 Å². The van der Waals surface area contributed by atoms with Crippen LogP contribution >= 0.6 is 0 Å².